The molecule has 0 aliphatic carbocycles. The van der Waals surface area contributed by atoms with Crippen LogP contribution >= 0.6 is 11.6 Å². The lowest BCUT2D eigenvalue weighted by Crippen LogP contribution is -2.38. The van der Waals surface area contributed by atoms with Crippen molar-refractivity contribution in [3.63, 3.8) is 0 Å². The van der Waals surface area contributed by atoms with Crippen molar-refractivity contribution in [3.8, 4) is 0 Å². The molecule has 0 bridgehead atoms. The zero-order valence-electron chi connectivity index (χ0n) is 11.1. The molecule has 0 heterocycles. The van der Waals surface area contributed by atoms with Gasteiger partial charge in [-0.2, -0.15) is 0 Å². The van der Waals surface area contributed by atoms with Gasteiger partial charge in [0.2, 0.25) is 5.91 Å². The van der Waals surface area contributed by atoms with Crippen molar-refractivity contribution in [3.05, 3.63) is 28.8 Å². The van der Waals surface area contributed by atoms with Crippen LogP contribution in [0, 0.1) is 18.8 Å². The Morgan fingerprint density at radius 1 is 1.47 bits per heavy atom. The van der Waals surface area contributed by atoms with Crippen molar-refractivity contribution in [2.45, 2.75) is 20.8 Å². The van der Waals surface area contributed by atoms with Gasteiger partial charge in [0.15, 0.2) is 5.84 Å². The molecule has 4 N–H and O–H groups in total. The number of hydrogen-bond acceptors (Lipinski definition) is 3. The number of amidine groups is 1. The van der Waals surface area contributed by atoms with Crippen LogP contribution in [0.1, 0.15) is 19.4 Å². The molecule has 104 valence electrons. The summed E-state index contributed by atoms with van der Waals surface area (Å²) in [6.45, 7) is 5.52. The third kappa shape index (κ3) is 3.86. The largest absolute Gasteiger partial charge is 0.409 e. The second-order valence-corrected chi connectivity index (χ2v) is 5.11. The lowest BCUT2D eigenvalue weighted by atomic mass is 9.93. The minimum absolute atomic E-state index is 0.0863. The molecule has 0 spiro atoms. The summed E-state index contributed by atoms with van der Waals surface area (Å²) < 4.78 is 0. The number of carbonyl (C=O) groups excluding carboxylic acids is 1. The van der Waals surface area contributed by atoms with Gasteiger partial charge >= 0.3 is 0 Å². The topological polar surface area (TPSA) is 87.7 Å². The summed E-state index contributed by atoms with van der Waals surface area (Å²) in [5, 5.41) is 14.9. The maximum atomic E-state index is 12.1. The second kappa shape index (κ2) is 6.43. The first-order valence-corrected chi connectivity index (χ1v) is 6.29. The van der Waals surface area contributed by atoms with Crippen LogP contribution in [0.3, 0.4) is 0 Å². The Labute approximate surface area is 117 Å². The molecule has 0 saturated carbocycles. The highest BCUT2D eigenvalue weighted by atomic mass is 35.5. The summed E-state index contributed by atoms with van der Waals surface area (Å²) in [6, 6.07) is 5.23. The highest BCUT2D eigenvalue weighted by Crippen LogP contribution is 2.21. The molecule has 5 nitrogen and oxygen atoms in total. The van der Waals surface area contributed by atoms with Crippen LogP contribution in [0.2, 0.25) is 5.02 Å². The predicted molar refractivity (Wildman–Crippen MR) is 76.6 cm³/mol. The van der Waals surface area contributed by atoms with E-state index in [0.717, 1.165) is 5.56 Å². The fourth-order valence-electron chi connectivity index (χ4n) is 1.73. The first kappa shape index (κ1) is 15.3. The molecule has 1 aromatic carbocycles. The van der Waals surface area contributed by atoms with Crippen LogP contribution in [0.25, 0.3) is 0 Å². The third-order valence-corrected chi connectivity index (χ3v) is 3.23. The molecular formula is C13H18ClN3O2. The minimum atomic E-state index is -0.690. The van der Waals surface area contributed by atoms with E-state index in [9.17, 15) is 4.79 Å². The van der Waals surface area contributed by atoms with Crippen LogP contribution in [0.4, 0.5) is 5.69 Å². The van der Waals surface area contributed by atoms with Gasteiger partial charge in [0.05, 0.1) is 0 Å². The van der Waals surface area contributed by atoms with Crippen molar-refractivity contribution >= 4 is 29.0 Å². The van der Waals surface area contributed by atoms with Gasteiger partial charge in [0.25, 0.3) is 0 Å². The minimum Gasteiger partial charge on any atom is -0.409 e. The molecular weight excluding hydrogens is 266 g/mol. The predicted octanol–water partition coefficient (Wildman–Crippen LogP) is 2.61. The van der Waals surface area contributed by atoms with E-state index in [0.29, 0.717) is 10.7 Å². The number of hydrogen-bond donors (Lipinski definition) is 3. The van der Waals surface area contributed by atoms with Gasteiger partial charge in [-0.3, -0.25) is 4.79 Å². The summed E-state index contributed by atoms with van der Waals surface area (Å²) >= 11 is 5.99. The SMILES string of the molecule is Cc1ccc(NC(=O)C(C(N)=NO)C(C)C)cc1Cl. The molecule has 1 rings (SSSR count). The summed E-state index contributed by atoms with van der Waals surface area (Å²) in [4.78, 5) is 12.1. The number of oxime groups is 1. The van der Waals surface area contributed by atoms with Crippen LogP contribution < -0.4 is 11.1 Å². The number of benzene rings is 1. The van der Waals surface area contributed by atoms with E-state index < -0.39 is 5.92 Å². The molecule has 0 aliphatic rings. The molecule has 0 fully saturated rings. The highest BCUT2D eigenvalue weighted by molar-refractivity contribution is 6.31. The van der Waals surface area contributed by atoms with Gasteiger partial charge in [0, 0.05) is 10.7 Å². The zero-order chi connectivity index (χ0) is 14.6. The second-order valence-electron chi connectivity index (χ2n) is 4.70. The quantitative estimate of drug-likeness (QED) is 0.343. The van der Waals surface area contributed by atoms with E-state index in [-0.39, 0.29) is 17.7 Å². The van der Waals surface area contributed by atoms with Crippen molar-refractivity contribution < 1.29 is 10.0 Å². The van der Waals surface area contributed by atoms with E-state index in [1.807, 2.05) is 26.8 Å². The lowest BCUT2D eigenvalue weighted by Gasteiger charge is -2.19. The fraction of sp³-hybridized carbons (Fsp3) is 0.385. The fourth-order valence-corrected chi connectivity index (χ4v) is 1.91. The third-order valence-electron chi connectivity index (χ3n) is 2.82. The van der Waals surface area contributed by atoms with E-state index in [4.69, 9.17) is 22.5 Å². The molecule has 0 saturated heterocycles. The lowest BCUT2D eigenvalue weighted by molar-refractivity contribution is -0.119. The average Bonchev–Trinajstić information content (AvgIpc) is 2.33. The molecule has 1 aromatic rings. The van der Waals surface area contributed by atoms with Gasteiger partial charge in [-0.15, -0.1) is 0 Å². The molecule has 0 aromatic heterocycles. The normalized spacial score (nSPS) is 13.4. The Hall–Kier alpha value is -1.75. The van der Waals surface area contributed by atoms with Crippen molar-refractivity contribution in [2.24, 2.45) is 22.7 Å². The van der Waals surface area contributed by atoms with Crippen molar-refractivity contribution in [1.82, 2.24) is 0 Å². The van der Waals surface area contributed by atoms with E-state index in [1.165, 1.54) is 0 Å². The van der Waals surface area contributed by atoms with Crippen LogP contribution in [-0.4, -0.2) is 17.0 Å². The molecule has 6 heteroatoms. The van der Waals surface area contributed by atoms with Crippen LogP contribution in [0.15, 0.2) is 23.4 Å². The summed E-state index contributed by atoms with van der Waals surface area (Å²) in [7, 11) is 0. The summed E-state index contributed by atoms with van der Waals surface area (Å²) in [6.07, 6.45) is 0. The number of nitrogens with zero attached hydrogens (tertiary/aromatic N) is 1. The zero-order valence-corrected chi connectivity index (χ0v) is 11.9. The smallest absolute Gasteiger partial charge is 0.235 e. The van der Waals surface area contributed by atoms with Gasteiger partial charge < -0.3 is 16.3 Å². The number of anilines is 1. The molecule has 0 radical (unpaired) electrons. The average molecular weight is 284 g/mol. The summed E-state index contributed by atoms with van der Waals surface area (Å²) in [5.41, 5.74) is 7.05. The maximum absolute atomic E-state index is 12.1. The van der Waals surface area contributed by atoms with Crippen LogP contribution in [0.5, 0.6) is 0 Å². The Morgan fingerprint density at radius 3 is 2.58 bits per heavy atom. The standard InChI is InChI=1S/C13H18ClN3O2/c1-7(2)11(12(15)17-19)13(18)16-9-5-4-8(3)10(14)6-9/h4-7,11,19H,1-3H3,(H2,15,17)(H,16,18). The number of rotatable bonds is 4. The van der Waals surface area contributed by atoms with Crippen LogP contribution in [-0.2, 0) is 4.79 Å². The number of halogens is 1. The van der Waals surface area contributed by atoms with Gasteiger partial charge in [-0.25, -0.2) is 0 Å². The first-order chi connectivity index (χ1) is 8.86. The monoisotopic (exact) mass is 283 g/mol. The molecule has 1 unspecified atom stereocenters. The maximum Gasteiger partial charge on any atom is 0.235 e. The molecule has 0 aliphatic heterocycles. The molecule has 19 heavy (non-hydrogen) atoms. The molecule has 1 atom stereocenters. The Balaban J connectivity index is 2.90. The summed E-state index contributed by atoms with van der Waals surface area (Å²) in [5.74, 6) is -1.21. The van der Waals surface area contributed by atoms with E-state index in [2.05, 4.69) is 10.5 Å². The van der Waals surface area contributed by atoms with Gasteiger partial charge in [0.1, 0.15) is 5.92 Å². The van der Waals surface area contributed by atoms with Crippen molar-refractivity contribution in [2.75, 3.05) is 5.32 Å². The van der Waals surface area contributed by atoms with E-state index >= 15 is 0 Å². The number of carbonyl (C=O) groups is 1. The van der Waals surface area contributed by atoms with Crippen molar-refractivity contribution in [1.29, 1.82) is 0 Å². The Morgan fingerprint density at radius 2 is 2.11 bits per heavy atom. The first-order valence-electron chi connectivity index (χ1n) is 5.91. The Kier molecular flexibility index (Phi) is 5.18. The molecule has 1 amide bonds. The Bertz CT molecular complexity index is 501. The number of nitrogens with two attached hydrogens (primary N) is 1. The number of nitrogens with one attached hydrogen (secondary N) is 1. The number of aryl methyl sites for hydroxylation is 1. The van der Waals surface area contributed by atoms with Gasteiger partial charge in [-0.05, 0) is 30.5 Å². The van der Waals surface area contributed by atoms with E-state index in [1.54, 1.807) is 12.1 Å². The number of amides is 1. The van der Waals surface area contributed by atoms with Gasteiger partial charge in [-0.1, -0.05) is 36.7 Å². The highest BCUT2D eigenvalue weighted by Gasteiger charge is 2.26.